The minimum absolute atomic E-state index is 0.0113. The number of anilines is 3. The van der Waals surface area contributed by atoms with Crippen molar-refractivity contribution in [3.63, 3.8) is 0 Å². The van der Waals surface area contributed by atoms with Gasteiger partial charge in [0.15, 0.2) is 0 Å². The van der Waals surface area contributed by atoms with Crippen LogP contribution < -0.4 is 14.9 Å². The van der Waals surface area contributed by atoms with Gasteiger partial charge in [-0.3, -0.25) is 13.9 Å². The Bertz CT molecular complexity index is 1700. The highest BCUT2D eigenvalue weighted by Crippen LogP contribution is 2.30. The van der Waals surface area contributed by atoms with Gasteiger partial charge in [0.05, 0.1) is 10.6 Å². The van der Waals surface area contributed by atoms with Gasteiger partial charge in [-0.05, 0) is 78.6 Å². The molecule has 7 nitrogen and oxygen atoms in total. The number of amides is 2. The molecule has 0 saturated heterocycles. The Kier molecular flexibility index (Phi) is 9.30. The van der Waals surface area contributed by atoms with Crippen molar-refractivity contribution in [3.8, 4) is 0 Å². The molecule has 42 heavy (non-hydrogen) atoms. The Labute approximate surface area is 256 Å². The fourth-order valence-corrected chi connectivity index (χ4v) is 6.09. The van der Waals surface area contributed by atoms with Crippen molar-refractivity contribution in [1.82, 2.24) is 0 Å². The molecule has 2 amide bonds. The number of nitrogens with zero attached hydrogens (tertiary/aromatic N) is 1. The van der Waals surface area contributed by atoms with Crippen molar-refractivity contribution < 1.29 is 18.0 Å². The molecule has 0 aliphatic carbocycles. The Balaban J connectivity index is 1.53. The van der Waals surface area contributed by atoms with Gasteiger partial charge in [-0.2, -0.15) is 0 Å². The normalized spacial score (nSPS) is 11.6. The van der Waals surface area contributed by atoms with Crippen LogP contribution in [-0.4, -0.2) is 26.8 Å². The highest BCUT2D eigenvalue weighted by molar-refractivity contribution is 7.92. The molecule has 0 unspecified atom stereocenters. The minimum Gasteiger partial charge on any atom is -0.324 e. The summed E-state index contributed by atoms with van der Waals surface area (Å²) in [6.45, 7) is 7.59. The maximum Gasteiger partial charge on any atom is 0.264 e. The number of sulfonamides is 1. The minimum atomic E-state index is -4.16. The van der Waals surface area contributed by atoms with Crippen molar-refractivity contribution in [2.75, 3.05) is 21.5 Å². The maximum atomic E-state index is 13.7. The van der Waals surface area contributed by atoms with Crippen LogP contribution in [0.25, 0.3) is 0 Å². The highest BCUT2D eigenvalue weighted by atomic mass is 35.5. The van der Waals surface area contributed by atoms with E-state index in [2.05, 4.69) is 31.4 Å². The average Bonchev–Trinajstić information content (AvgIpc) is 2.91. The van der Waals surface area contributed by atoms with E-state index in [4.69, 9.17) is 23.2 Å². The number of hydrogen-bond acceptors (Lipinski definition) is 4. The highest BCUT2D eigenvalue weighted by Gasteiger charge is 2.28. The van der Waals surface area contributed by atoms with Gasteiger partial charge in [0.1, 0.15) is 6.54 Å². The second-order valence-electron chi connectivity index (χ2n) is 10.9. The molecule has 4 aromatic carbocycles. The molecule has 0 spiro atoms. The van der Waals surface area contributed by atoms with Crippen LogP contribution in [0.5, 0.6) is 0 Å². The lowest BCUT2D eigenvalue weighted by molar-refractivity contribution is -0.114. The molecule has 0 aromatic heterocycles. The Morgan fingerprint density at radius 1 is 0.786 bits per heavy atom. The Hall–Kier alpha value is -3.85. The largest absolute Gasteiger partial charge is 0.324 e. The molecule has 4 rings (SSSR count). The molecule has 0 fully saturated rings. The monoisotopic (exact) mass is 623 g/mol. The number of carbonyl (C=O) groups excluding carboxylic acids is 2. The van der Waals surface area contributed by atoms with Gasteiger partial charge in [0, 0.05) is 27.0 Å². The van der Waals surface area contributed by atoms with Gasteiger partial charge in [0.2, 0.25) is 5.91 Å². The lowest BCUT2D eigenvalue weighted by Gasteiger charge is -2.24. The van der Waals surface area contributed by atoms with Crippen LogP contribution in [0.4, 0.5) is 17.1 Å². The third-order valence-corrected chi connectivity index (χ3v) is 8.67. The number of nitrogens with one attached hydrogen (secondary N) is 2. The fraction of sp³-hybridized carbons (Fsp3) is 0.188. The van der Waals surface area contributed by atoms with Crippen LogP contribution >= 0.6 is 23.2 Å². The van der Waals surface area contributed by atoms with E-state index < -0.39 is 22.5 Å². The zero-order valence-electron chi connectivity index (χ0n) is 23.6. The summed E-state index contributed by atoms with van der Waals surface area (Å²) < 4.78 is 28.3. The van der Waals surface area contributed by atoms with Crippen LogP contribution in [0.1, 0.15) is 42.3 Å². The summed E-state index contributed by atoms with van der Waals surface area (Å²) in [7, 11) is -4.16. The SMILES string of the molecule is Cc1ccc(S(=O)(=O)N(CC(=O)Nc2cccc(NC(=O)c3ccc(C(C)(C)C)cc3)c2)c2cc(Cl)cc(Cl)c2)cc1. The first-order valence-electron chi connectivity index (χ1n) is 13.1. The second-order valence-corrected chi connectivity index (χ2v) is 13.6. The predicted octanol–water partition coefficient (Wildman–Crippen LogP) is 7.69. The molecule has 10 heteroatoms. The summed E-state index contributed by atoms with van der Waals surface area (Å²) in [5, 5.41) is 5.99. The standard InChI is InChI=1S/C32H31Cl2N3O4S/c1-21-8-14-29(15-9-21)42(40,41)37(28-17-24(33)16-25(34)18-28)20-30(38)35-26-6-5-7-27(19-26)36-31(39)22-10-12-23(13-11-22)32(2,3)4/h5-19H,20H2,1-4H3,(H,35,38)(H,36,39). The van der Waals surface area contributed by atoms with Crippen LogP contribution in [0.15, 0.2) is 95.9 Å². The van der Waals surface area contributed by atoms with Gasteiger partial charge in [-0.15, -0.1) is 0 Å². The fourth-order valence-electron chi connectivity index (χ4n) is 4.17. The van der Waals surface area contributed by atoms with E-state index in [0.717, 1.165) is 15.4 Å². The number of benzene rings is 4. The molecule has 0 atom stereocenters. The zero-order chi connectivity index (χ0) is 30.7. The van der Waals surface area contributed by atoms with Crippen molar-refractivity contribution in [2.24, 2.45) is 0 Å². The summed E-state index contributed by atoms with van der Waals surface area (Å²) >= 11 is 12.3. The van der Waals surface area contributed by atoms with Crippen molar-refractivity contribution in [2.45, 2.75) is 38.0 Å². The summed E-state index contributed by atoms with van der Waals surface area (Å²) in [5.41, 5.74) is 3.44. The van der Waals surface area contributed by atoms with E-state index >= 15 is 0 Å². The van der Waals surface area contributed by atoms with E-state index in [1.165, 1.54) is 30.3 Å². The second kappa shape index (κ2) is 12.6. The van der Waals surface area contributed by atoms with Crippen LogP contribution in [-0.2, 0) is 20.2 Å². The molecule has 0 heterocycles. The smallest absolute Gasteiger partial charge is 0.264 e. The molecule has 0 bridgehead atoms. The predicted molar refractivity (Wildman–Crippen MR) is 170 cm³/mol. The van der Waals surface area contributed by atoms with Crippen molar-refractivity contribution >= 4 is 62.1 Å². The van der Waals surface area contributed by atoms with Gasteiger partial charge in [-0.1, -0.05) is 79.9 Å². The number of rotatable bonds is 8. The maximum absolute atomic E-state index is 13.7. The van der Waals surface area contributed by atoms with Gasteiger partial charge in [0.25, 0.3) is 15.9 Å². The summed E-state index contributed by atoms with van der Waals surface area (Å²) in [4.78, 5) is 26.0. The van der Waals surface area contributed by atoms with Crippen molar-refractivity contribution in [1.29, 1.82) is 0 Å². The molecular formula is C32H31Cl2N3O4S. The lowest BCUT2D eigenvalue weighted by atomic mass is 9.87. The van der Waals surface area contributed by atoms with E-state index in [0.29, 0.717) is 16.9 Å². The third-order valence-electron chi connectivity index (χ3n) is 6.45. The first kappa shape index (κ1) is 31.1. The number of halogens is 2. The molecule has 218 valence electrons. The summed E-state index contributed by atoms with van der Waals surface area (Å²) in [5.74, 6) is -0.907. The number of carbonyl (C=O) groups is 2. The third kappa shape index (κ3) is 7.70. The van der Waals surface area contributed by atoms with E-state index in [-0.39, 0.29) is 32.0 Å². The molecule has 0 aliphatic heterocycles. The summed E-state index contributed by atoms with van der Waals surface area (Å²) in [6.07, 6.45) is 0. The molecule has 0 saturated carbocycles. The van der Waals surface area contributed by atoms with Crippen molar-refractivity contribution in [3.05, 3.63) is 118 Å². The van der Waals surface area contributed by atoms with E-state index in [1.54, 1.807) is 48.5 Å². The van der Waals surface area contributed by atoms with E-state index in [1.807, 2.05) is 19.1 Å². The zero-order valence-corrected chi connectivity index (χ0v) is 25.9. The average molecular weight is 625 g/mol. The van der Waals surface area contributed by atoms with Gasteiger partial charge < -0.3 is 10.6 Å². The molecule has 4 aromatic rings. The number of aryl methyl sites for hydroxylation is 1. The van der Waals surface area contributed by atoms with Gasteiger partial charge >= 0.3 is 0 Å². The van der Waals surface area contributed by atoms with Crippen LogP contribution in [0.2, 0.25) is 10.0 Å². The Morgan fingerprint density at radius 2 is 1.36 bits per heavy atom. The van der Waals surface area contributed by atoms with Gasteiger partial charge in [-0.25, -0.2) is 8.42 Å². The lowest BCUT2D eigenvalue weighted by Crippen LogP contribution is -2.38. The van der Waals surface area contributed by atoms with Crippen LogP contribution in [0.3, 0.4) is 0 Å². The Morgan fingerprint density at radius 3 is 1.93 bits per heavy atom. The molecule has 0 radical (unpaired) electrons. The first-order valence-corrected chi connectivity index (χ1v) is 15.3. The summed E-state index contributed by atoms with van der Waals surface area (Å²) in [6, 6.07) is 24.6. The quantitative estimate of drug-likeness (QED) is 0.210. The molecular weight excluding hydrogens is 593 g/mol. The first-order chi connectivity index (χ1) is 19.7. The molecule has 0 aliphatic rings. The van der Waals surface area contributed by atoms with E-state index in [9.17, 15) is 18.0 Å². The number of hydrogen-bond donors (Lipinski definition) is 2. The topological polar surface area (TPSA) is 95.6 Å². The van der Waals surface area contributed by atoms with Crippen LogP contribution in [0, 0.1) is 6.92 Å². The molecule has 2 N–H and O–H groups in total.